The summed E-state index contributed by atoms with van der Waals surface area (Å²) >= 11 is 0. The molecule has 1 atom stereocenters. The van der Waals surface area contributed by atoms with Crippen molar-refractivity contribution in [1.82, 2.24) is 0 Å². The van der Waals surface area contributed by atoms with Crippen LogP contribution in [-0.2, 0) is 28.6 Å². The second-order valence-corrected chi connectivity index (χ2v) is 22.8. The summed E-state index contributed by atoms with van der Waals surface area (Å²) in [5.74, 6) is -0.823. The van der Waals surface area contributed by atoms with E-state index in [-0.39, 0.29) is 31.1 Å². The van der Waals surface area contributed by atoms with E-state index in [4.69, 9.17) is 14.2 Å². The molecule has 428 valence electrons. The molecule has 0 aromatic heterocycles. The second-order valence-electron chi connectivity index (χ2n) is 22.8. The number of esters is 3. The molecule has 0 aliphatic heterocycles. The van der Waals surface area contributed by atoms with Crippen molar-refractivity contribution in [2.75, 3.05) is 13.2 Å². The molecule has 0 aliphatic rings. The number of hydrogen-bond donors (Lipinski definition) is 0. The van der Waals surface area contributed by atoms with Crippen LogP contribution in [0, 0.1) is 0 Å². The lowest BCUT2D eigenvalue weighted by Crippen LogP contribution is -2.30. The normalized spacial score (nSPS) is 11.9. The van der Waals surface area contributed by atoms with E-state index in [1.165, 1.54) is 289 Å². The van der Waals surface area contributed by atoms with Gasteiger partial charge in [-0.25, -0.2) is 0 Å². The molecular weight excluding hydrogens is 889 g/mol. The van der Waals surface area contributed by atoms with E-state index in [0.717, 1.165) is 57.8 Å². The van der Waals surface area contributed by atoms with Gasteiger partial charge < -0.3 is 14.2 Å². The van der Waals surface area contributed by atoms with Gasteiger partial charge in [-0.2, -0.15) is 0 Å². The largest absolute Gasteiger partial charge is 0.462 e. The molecule has 0 bridgehead atoms. The summed E-state index contributed by atoms with van der Waals surface area (Å²) in [5, 5.41) is 0. The molecule has 6 heteroatoms. The van der Waals surface area contributed by atoms with E-state index in [2.05, 4.69) is 20.8 Å². The highest BCUT2D eigenvalue weighted by atomic mass is 16.6. The molecule has 0 heterocycles. The Hall–Kier alpha value is -1.59. The number of ether oxygens (including phenoxy) is 3. The first kappa shape index (κ1) is 70.4. The van der Waals surface area contributed by atoms with Gasteiger partial charge in [-0.3, -0.25) is 14.4 Å². The molecule has 0 saturated heterocycles. The van der Waals surface area contributed by atoms with Crippen LogP contribution < -0.4 is 0 Å². The highest BCUT2D eigenvalue weighted by molar-refractivity contribution is 5.71. The van der Waals surface area contributed by atoms with Crippen LogP contribution in [0.2, 0.25) is 0 Å². The van der Waals surface area contributed by atoms with Crippen LogP contribution in [0.25, 0.3) is 0 Å². The van der Waals surface area contributed by atoms with Gasteiger partial charge >= 0.3 is 17.9 Å². The number of unbranched alkanes of at least 4 members (excludes halogenated alkanes) is 51. The van der Waals surface area contributed by atoms with Crippen LogP contribution >= 0.6 is 0 Å². The van der Waals surface area contributed by atoms with E-state index in [1.807, 2.05) is 0 Å². The minimum absolute atomic E-state index is 0.0604. The van der Waals surface area contributed by atoms with Crippen LogP contribution in [0.4, 0.5) is 0 Å². The fourth-order valence-corrected chi connectivity index (χ4v) is 10.4. The Morgan fingerprint density at radius 1 is 0.222 bits per heavy atom. The van der Waals surface area contributed by atoms with Crippen LogP contribution in [0.1, 0.15) is 387 Å². The SMILES string of the molecule is CCCCCCCCCCCCCCCCCCCCCCCCCC(=O)OCC(COC(=O)CCCCCCCCCCCCCCCC)OC(=O)CCCCCCCCCCCCCCCCCCC. The Labute approximate surface area is 450 Å². The number of hydrogen-bond acceptors (Lipinski definition) is 6. The first-order valence-corrected chi connectivity index (χ1v) is 33.0. The number of rotatable bonds is 62. The van der Waals surface area contributed by atoms with Gasteiger partial charge in [-0.1, -0.05) is 348 Å². The van der Waals surface area contributed by atoms with Crippen molar-refractivity contribution in [3.05, 3.63) is 0 Å². The molecule has 0 fully saturated rings. The van der Waals surface area contributed by atoms with Gasteiger partial charge in [0.2, 0.25) is 0 Å². The minimum atomic E-state index is -0.762. The lowest BCUT2D eigenvalue weighted by Gasteiger charge is -2.18. The van der Waals surface area contributed by atoms with Crippen molar-refractivity contribution in [3.8, 4) is 0 Å². The molecule has 0 saturated carbocycles. The average Bonchev–Trinajstić information content (AvgIpc) is 3.38. The average molecular weight is 1020 g/mol. The molecule has 0 rings (SSSR count). The van der Waals surface area contributed by atoms with Crippen molar-refractivity contribution in [1.29, 1.82) is 0 Å². The molecule has 0 radical (unpaired) electrons. The van der Waals surface area contributed by atoms with E-state index in [0.29, 0.717) is 19.3 Å². The fraction of sp³-hybridized carbons (Fsp3) is 0.955. The van der Waals surface area contributed by atoms with Gasteiger partial charge in [-0.15, -0.1) is 0 Å². The highest BCUT2D eigenvalue weighted by Gasteiger charge is 2.19. The van der Waals surface area contributed by atoms with Gasteiger partial charge in [0.05, 0.1) is 0 Å². The molecule has 0 aromatic rings. The van der Waals surface area contributed by atoms with E-state index in [1.54, 1.807) is 0 Å². The Bertz CT molecular complexity index is 1080. The maximum Gasteiger partial charge on any atom is 0.306 e. The Balaban J connectivity index is 4.22. The van der Waals surface area contributed by atoms with Crippen molar-refractivity contribution >= 4 is 17.9 Å². The first-order chi connectivity index (χ1) is 35.5. The summed E-state index contributed by atoms with van der Waals surface area (Å²) in [6.07, 6.45) is 71.1. The zero-order chi connectivity index (χ0) is 52.2. The third-order valence-electron chi connectivity index (χ3n) is 15.4. The third-order valence-corrected chi connectivity index (χ3v) is 15.4. The smallest absolute Gasteiger partial charge is 0.306 e. The zero-order valence-electron chi connectivity index (χ0n) is 49.2. The van der Waals surface area contributed by atoms with E-state index >= 15 is 0 Å². The van der Waals surface area contributed by atoms with Gasteiger partial charge in [0.25, 0.3) is 0 Å². The summed E-state index contributed by atoms with van der Waals surface area (Å²) in [4.78, 5) is 38.3. The molecule has 0 amide bonds. The quantitative estimate of drug-likeness (QED) is 0.0343. The maximum atomic E-state index is 12.9. The molecule has 0 aliphatic carbocycles. The third kappa shape index (κ3) is 59.3. The first-order valence-electron chi connectivity index (χ1n) is 33.0. The molecule has 0 N–H and O–H groups in total. The molecule has 0 aromatic carbocycles. The summed E-state index contributed by atoms with van der Waals surface area (Å²) in [5.41, 5.74) is 0. The molecule has 1 unspecified atom stereocenters. The van der Waals surface area contributed by atoms with Crippen molar-refractivity contribution < 1.29 is 28.6 Å². The molecule has 6 nitrogen and oxygen atoms in total. The fourth-order valence-electron chi connectivity index (χ4n) is 10.4. The van der Waals surface area contributed by atoms with Gasteiger partial charge in [0, 0.05) is 19.3 Å². The number of carbonyl (C=O) groups excluding carboxylic acids is 3. The predicted molar refractivity (Wildman–Crippen MR) is 312 cm³/mol. The van der Waals surface area contributed by atoms with Crippen LogP contribution in [0.15, 0.2) is 0 Å². The highest BCUT2D eigenvalue weighted by Crippen LogP contribution is 2.19. The topological polar surface area (TPSA) is 78.9 Å². The van der Waals surface area contributed by atoms with Gasteiger partial charge in [0.15, 0.2) is 6.10 Å². The number of carbonyl (C=O) groups is 3. The summed E-state index contributed by atoms with van der Waals surface area (Å²) in [6, 6.07) is 0. The monoisotopic (exact) mass is 1020 g/mol. The van der Waals surface area contributed by atoms with Crippen molar-refractivity contribution in [3.63, 3.8) is 0 Å². The van der Waals surface area contributed by atoms with E-state index in [9.17, 15) is 14.4 Å². The van der Waals surface area contributed by atoms with Gasteiger partial charge in [0.1, 0.15) is 13.2 Å². The van der Waals surface area contributed by atoms with Crippen LogP contribution in [0.3, 0.4) is 0 Å². The summed E-state index contributed by atoms with van der Waals surface area (Å²) in [7, 11) is 0. The minimum Gasteiger partial charge on any atom is -0.462 e. The van der Waals surface area contributed by atoms with Crippen LogP contribution in [0.5, 0.6) is 0 Å². The Morgan fingerprint density at radius 2 is 0.375 bits per heavy atom. The second kappa shape index (κ2) is 62.0. The lowest BCUT2D eigenvalue weighted by atomic mass is 10.0. The predicted octanol–water partition coefficient (Wildman–Crippen LogP) is 22.3. The van der Waals surface area contributed by atoms with Crippen molar-refractivity contribution in [2.24, 2.45) is 0 Å². The van der Waals surface area contributed by atoms with E-state index < -0.39 is 6.10 Å². The summed E-state index contributed by atoms with van der Waals surface area (Å²) in [6.45, 7) is 6.73. The molecule has 0 spiro atoms. The molecular formula is C66H128O6. The lowest BCUT2D eigenvalue weighted by molar-refractivity contribution is -0.167. The molecule has 72 heavy (non-hydrogen) atoms. The Morgan fingerprint density at radius 3 is 0.556 bits per heavy atom. The standard InChI is InChI=1S/C66H128O6/c1-4-7-10-13-16-19-22-25-28-30-31-32-33-34-35-37-38-41-44-47-50-53-56-59-65(68)71-62-63(61-70-64(67)58-55-52-49-46-43-40-27-24-21-18-15-12-9-6-3)72-66(69)60-57-54-51-48-45-42-39-36-29-26-23-20-17-14-11-8-5-2/h63H,4-62H2,1-3H3. The van der Waals surface area contributed by atoms with Crippen molar-refractivity contribution in [2.45, 2.75) is 393 Å². The van der Waals surface area contributed by atoms with Gasteiger partial charge in [-0.05, 0) is 19.3 Å². The zero-order valence-corrected chi connectivity index (χ0v) is 49.2. The maximum absolute atomic E-state index is 12.9. The summed E-state index contributed by atoms with van der Waals surface area (Å²) < 4.78 is 17.0. The van der Waals surface area contributed by atoms with Crippen LogP contribution in [-0.4, -0.2) is 37.2 Å². The Kier molecular flexibility index (Phi) is 60.6.